The Morgan fingerprint density at radius 3 is 2.14 bits per heavy atom. The third kappa shape index (κ3) is 3.14. The third-order valence-corrected chi connectivity index (χ3v) is 0.930. The predicted octanol–water partition coefficient (Wildman–Crippen LogP) is 1.64. The summed E-state index contributed by atoms with van der Waals surface area (Å²) >= 11 is 12.4. The fourth-order valence-corrected chi connectivity index (χ4v) is 0.525. The Labute approximate surface area is 59.2 Å². The molecule has 7 heavy (non-hydrogen) atoms. The molecule has 0 spiro atoms. The van der Waals surface area contributed by atoms with Crippen LogP contribution in [-0.2, 0) is 8.62 Å². The fraction of sp³-hybridized carbons (Fsp3) is 0.500. The van der Waals surface area contributed by atoms with Gasteiger partial charge in [0.2, 0.25) is 4.84 Å². The average Bonchev–Trinajstić information content (AvgIpc) is 1.65. The minimum atomic E-state index is -1.10. The summed E-state index contributed by atoms with van der Waals surface area (Å²) in [5, 5.41) is 0. The van der Waals surface area contributed by atoms with Crippen molar-refractivity contribution in [2.75, 3.05) is 0 Å². The molecule has 5 heteroatoms. The lowest BCUT2D eigenvalue weighted by molar-refractivity contribution is -0.130. The van der Waals surface area contributed by atoms with Crippen molar-refractivity contribution in [1.29, 1.82) is 0 Å². The first-order valence-corrected chi connectivity index (χ1v) is 2.81. The van der Waals surface area contributed by atoms with Gasteiger partial charge in [0.15, 0.2) is 16.3 Å². The summed E-state index contributed by atoms with van der Waals surface area (Å²) in [5.74, 6) is -0.705. The highest BCUT2D eigenvalue weighted by Crippen LogP contribution is 2.04. The van der Waals surface area contributed by atoms with Crippen molar-refractivity contribution in [1.82, 2.24) is 0 Å². The summed E-state index contributed by atoms with van der Waals surface area (Å²) in [5.41, 5.74) is 0. The van der Waals surface area contributed by atoms with Crippen LogP contribution >= 0.6 is 39.5 Å². The molecule has 0 atom stereocenters. The van der Waals surface area contributed by atoms with Crippen LogP contribution < -0.4 is 0 Å². The molecule has 2 nitrogen and oxygen atoms in total. The highest BCUT2D eigenvalue weighted by atomic mass is 79.9. The second-order valence-electron chi connectivity index (χ2n) is 0.697. The Morgan fingerprint density at radius 2 is 2.14 bits per heavy atom. The number of hydrogen-bond acceptors (Lipinski definition) is 2. The summed E-state index contributed by atoms with van der Waals surface area (Å²) < 4.78 is 3.92. The van der Waals surface area contributed by atoms with Crippen LogP contribution in [-0.4, -0.2) is 10.8 Å². The highest BCUT2D eigenvalue weighted by Gasteiger charge is 2.10. The van der Waals surface area contributed by atoms with Crippen molar-refractivity contribution in [3.63, 3.8) is 0 Å². The first-order chi connectivity index (χ1) is 3.18. The number of carbonyl (C=O) groups is 1. The standard InChI is InChI=1S/C2HBrCl2O2/c3-7-2(6)1(4)5/h1H. The normalized spacial score (nSPS) is 9.14. The molecule has 0 radical (unpaired) electrons. The van der Waals surface area contributed by atoms with Crippen LogP contribution in [0.4, 0.5) is 0 Å². The molecule has 0 aromatic carbocycles. The van der Waals surface area contributed by atoms with E-state index in [2.05, 4.69) is 20.1 Å². The molecule has 0 fully saturated rings. The van der Waals surface area contributed by atoms with Crippen molar-refractivity contribution in [2.45, 2.75) is 4.84 Å². The lowest BCUT2D eigenvalue weighted by atomic mass is 10.8. The molecule has 0 aromatic heterocycles. The maximum atomic E-state index is 9.98. The predicted molar refractivity (Wildman–Crippen MR) is 30.5 cm³/mol. The molecule has 0 bridgehead atoms. The van der Waals surface area contributed by atoms with Gasteiger partial charge in [-0.2, -0.15) is 0 Å². The minimum absolute atomic E-state index is 0.705. The van der Waals surface area contributed by atoms with Crippen LogP contribution in [0.5, 0.6) is 0 Å². The quantitative estimate of drug-likeness (QED) is 0.612. The SMILES string of the molecule is O=C(OBr)C(Cl)Cl. The van der Waals surface area contributed by atoms with Gasteiger partial charge in [-0.3, -0.25) is 0 Å². The zero-order valence-corrected chi connectivity index (χ0v) is 6.13. The van der Waals surface area contributed by atoms with E-state index in [1.165, 1.54) is 0 Å². The first-order valence-electron chi connectivity index (χ1n) is 1.29. The van der Waals surface area contributed by atoms with E-state index >= 15 is 0 Å². The van der Waals surface area contributed by atoms with E-state index in [0.717, 1.165) is 0 Å². The maximum absolute atomic E-state index is 9.98. The van der Waals surface area contributed by atoms with Gasteiger partial charge in [-0.05, 0) is 0 Å². The van der Waals surface area contributed by atoms with Crippen LogP contribution in [0.2, 0.25) is 0 Å². The number of rotatable bonds is 1. The van der Waals surface area contributed by atoms with E-state index in [9.17, 15) is 4.79 Å². The van der Waals surface area contributed by atoms with E-state index in [1.54, 1.807) is 0 Å². The zero-order chi connectivity index (χ0) is 5.86. The molecule has 0 heterocycles. The third-order valence-electron chi connectivity index (χ3n) is 0.254. The van der Waals surface area contributed by atoms with Gasteiger partial charge in [0.05, 0.1) is 0 Å². The molecule has 0 aliphatic rings. The van der Waals surface area contributed by atoms with Gasteiger partial charge in [-0.1, -0.05) is 23.2 Å². The lowest BCUT2D eigenvalue weighted by Gasteiger charge is -1.90. The van der Waals surface area contributed by atoms with E-state index in [-0.39, 0.29) is 0 Å². The summed E-state index contributed by atoms with van der Waals surface area (Å²) in [4.78, 5) is 8.88. The zero-order valence-electron chi connectivity index (χ0n) is 3.03. The molecular formula is C2HBrCl2O2. The Morgan fingerprint density at radius 1 is 1.71 bits per heavy atom. The summed E-state index contributed by atoms with van der Waals surface area (Å²) in [6.45, 7) is 0. The molecule has 42 valence electrons. The summed E-state index contributed by atoms with van der Waals surface area (Å²) in [6, 6.07) is 0. The van der Waals surface area contributed by atoms with Crippen molar-refractivity contribution in [3.05, 3.63) is 0 Å². The molecule has 0 N–H and O–H groups in total. The maximum Gasteiger partial charge on any atom is 0.350 e. The second-order valence-corrected chi connectivity index (χ2v) is 2.12. The molecule has 0 saturated heterocycles. The molecule has 0 aliphatic heterocycles. The van der Waals surface area contributed by atoms with Crippen LogP contribution in [0.15, 0.2) is 0 Å². The minimum Gasteiger partial charge on any atom is -0.382 e. The number of hydrogen-bond donors (Lipinski definition) is 0. The monoisotopic (exact) mass is 206 g/mol. The van der Waals surface area contributed by atoms with Crippen LogP contribution in [0.25, 0.3) is 0 Å². The molecule has 0 aliphatic carbocycles. The average molecular weight is 208 g/mol. The van der Waals surface area contributed by atoms with Crippen molar-refractivity contribution in [2.24, 2.45) is 0 Å². The van der Waals surface area contributed by atoms with Gasteiger partial charge >= 0.3 is 5.97 Å². The van der Waals surface area contributed by atoms with Gasteiger partial charge in [-0.25, -0.2) is 4.79 Å². The number of halogens is 3. The van der Waals surface area contributed by atoms with E-state index in [1.807, 2.05) is 0 Å². The van der Waals surface area contributed by atoms with Gasteiger partial charge < -0.3 is 3.83 Å². The smallest absolute Gasteiger partial charge is 0.350 e. The Kier molecular flexibility index (Phi) is 3.79. The van der Waals surface area contributed by atoms with Gasteiger partial charge in [-0.15, -0.1) is 0 Å². The van der Waals surface area contributed by atoms with E-state index < -0.39 is 10.8 Å². The van der Waals surface area contributed by atoms with Crippen molar-refractivity contribution < 1.29 is 8.62 Å². The number of alkyl halides is 2. The van der Waals surface area contributed by atoms with Crippen LogP contribution in [0, 0.1) is 0 Å². The topological polar surface area (TPSA) is 26.3 Å². The van der Waals surface area contributed by atoms with Gasteiger partial charge in [0.25, 0.3) is 0 Å². The largest absolute Gasteiger partial charge is 0.382 e. The van der Waals surface area contributed by atoms with Crippen LogP contribution in [0.1, 0.15) is 0 Å². The fourth-order valence-electron chi connectivity index (χ4n) is 0.0337. The highest BCUT2D eigenvalue weighted by molar-refractivity contribution is 9.06. The van der Waals surface area contributed by atoms with Gasteiger partial charge in [0.1, 0.15) is 0 Å². The molecule has 0 rings (SSSR count). The van der Waals surface area contributed by atoms with Crippen molar-refractivity contribution >= 4 is 45.4 Å². The van der Waals surface area contributed by atoms with Crippen molar-refractivity contribution in [3.8, 4) is 0 Å². The Hall–Kier alpha value is 0.530. The lowest BCUT2D eigenvalue weighted by Crippen LogP contribution is -2.05. The second kappa shape index (κ2) is 3.52. The molecule has 0 amide bonds. The molecule has 0 aromatic rings. The Balaban J connectivity index is 3.35. The number of carbonyl (C=O) groups excluding carboxylic acids is 1. The first kappa shape index (κ1) is 7.53. The van der Waals surface area contributed by atoms with Gasteiger partial charge in [0, 0.05) is 0 Å². The molecular weight excluding hydrogens is 207 g/mol. The van der Waals surface area contributed by atoms with E-state index in [4.69, 9.17) is 23.2 Å². The van der Waals surface area contributed by atoms with Crippen LogP contribution in [0.3, 0.4) is 0 Å². The molecule has 0 saturated carbocycles. The Bertz CT molecular complexity index is 74.1. The molecule has 0 unspecified atom stereocenters. The summed E-state index contributed by atoms with van der Waals surface area (Å²) in [6.07, 6.45) is 0. The van der Waals surface area contributed by atoms with E-state index in [0.29, 0.717) is 0 Å². The summed E-state index contributed by atoms with van der Waals surface area (Å²) in [7, 11) is 0.